The molecule has 3 rings (SSSR count). The van der Waals surface area contributed by atoms with Crippen molar-refractivity contribution in [1.29, 1.82) is 0 Å². The molecular formula is C17H15N3O3. The van der Waals surface area contributed by atoms with Crippen molar-refractivity contribution in [2.24, 2.45) is 0 Å². The second-order valence-electron chi connectivity index (χ2n) is 5.37. The van der Waals surface area contributed by atoms with E-state index in [1.165, 1.54) is 4.40 Å². The summed E-state index contributed by atoms with van der Waals surface area (Å²) in [5, 5.41) is 12.4. The maximum absolute atomic E-state index is 12.5. The van der Waals surface area contributed by atoms with E-state index < -0.39 is 11.5 Å². The van der Waals surface area contributed by atoms with Crippen LogP contribution in [-0.4, -0.2) is 20.5 Å². The fourth-order valence-electron chi connectivity index (χ4n) is 2.39. The summed E-state index contributed by atoms with van der Waals surface area (Å²) < 4.78 is 1.25. The van der Waals surface area contributed by atoms with Gasteiger partial charge in [-0.25, -0.2) is 9.78 Å². The number of nitrogens with one attached hydrogen (secondary N) is 1. The van der Waals surface area contributed by atoms with Crippen LogP contribution < -0.4 is 10.9 Å². The van der Waals surface area contributed by atoms with E-state index in [2.05, 4.69) is 10.3 Å². The fraction of sp³-hybridized carbons (Fsp3) is 0.118. The zero-order valence-electron chi connectivity index (χ0n) is 12.7. The number of aromatic nitrogens is 2. The summed E-state index contributed by atoms with van der Waals surface area (Å²) in [7, 11) is 0. The minimum atomic E-state index is -1.31. The summed E-state index contributed by atoms with van der Waals surface area (Å²) in [4.78, 5) is 28.3. The summed E-state index contributed by atoms with van der Waals surface area (Å²) in [6, 6.07) is 10.9. The molecule has 0 amide bonds. The standard InChI is InChI=1S/C17H15N3O3/c1-10-4-3-5-12(8-10)18-15-14(17(22)23)16(21)20-9-11(2)6-7-13(20)19-15/h3-9,18H,1-2H3,(H,22,23). The van der Waals surface area contributed by atoms with Gasteiger partial charge < -0.3 is 10.4 Å². The van der Waals surface area contributed by atoms with E-state index in [0.717, 1.165) is 11.1 Å². The first-order chi connectivity index (χ1) is 11.0. The molecule has 0 saturated carbocycles. The van der Waals surface area contributed by atoms with Crippen molar-refractivity contribution in [2.45, 2.75) is 13.8 Å². The molecule has 2 N–H and O–H groups in total. The Morgan fingerprint density at radius 3 is 2.65 bits per heavy atom. The van der Waals surface area contributed by atoms with Crippen molar-refractivity contribution in [3.8, 4) is 0 Å². The number of aryl methyl sites for hydroxylation is 2. The number of rotatable bonds is 3. The van der Waals surface area contributed by atoms with Crippen LogP contribution in [0.25, 0.3) is 5.65 Å². The third kappa shape index (κ3) is 2.78. The molecule has 0 bridgehead atoms. The van der Waals surface area contributed by atoms with Crippen LogP contribution >= 0.6 is 0 Å². The van der Waals surface area contributed by atoms with E-state index in [0.29, 0.717) is 11.3 Å². The molecule has 0 radical (unpaired) electrons. The Balaban J connectivity index is 2.23. The lowest BCUT2D eigenvalue weighted by atomic mass is 10.2. The van der Waals surface area contributed by atoms with E-state index in [9.17, 15) is 14.7 Å². The Morgan fingerprint density at radius 2 is 1.96 bits per heavy atom. The lowest BCUT2D eigenvalue weighted by Gasteiger charge is -2.11. The highest BCUT2D eigenvalue weighted by molar-refractivity contribution is 5.94. The number of hydrogen-bond donors (Lipinski definition) is 2. The molecule has 2 aromatic heterocycles. The Hall–Kier alpha value is -3.15. The highest BCUT2D eigenvalue weighted by atomic mass is 16.4. The molecule has 2 heterocycles. The van der Waals surface area contributed by atoms with Gasteiger partial charge in [0.05, 0.1) is 0 Å². The Bertz CT molecular complexity index is 976. The predicted octanol–water partition coefficient (Wildman–Crippen LogP) is 2.75. The summed E-state index contributed by atoms with van der Waals surface area (Å²) in [6.45, 7) is 3.75. The number of hydrogen-bond acceptors (Lipinski definition) is 4. The third-order valence-corrected chi connectivity index (χ3v) is 3.47. The molecule has 0 saturated heterocycles. The van der Waals surface area contributed by atoms with Crippen LogP contribution in [0.3, 0.4) is 0 Å². The highest BCUT2D eigenvalue weighted by Gasteiger charge is 2.19. The van der Waals surface area contributed by atoms with Crippen molar-refractivity contribution < 1.29 is 9.90 Å². The quantitative estimate of drug-likeness (QED) is 0.777. The first-order valence-electron chi connectivity index (χ1n) is 7.06. The molecule has 0 aliphatic heterocycles. The first-order valence-corrected chi connectivity index (χ1v) is 7.06. The summed E-state index contributed by atoms with van der Waals surface area (Å²) in [5.41, 5.74) is 1.93. The highest BCUT2D eigenvalue weighted by Crippen LogP contribution is 2.19. The number of pyridine rings is 1. The van der Waals surface area contributed by atoms with Crippen molar-refractivity contribution >= 4 is 23.1 Å². The molecule has 0 spiro atoms. The van der Waals surface area contributed by atoms with Gasteiger partial charge in [-0.1, -0.05) is 18.2 Å². The molecule has 116 valence electrons. The van der Waals surface area contributed by atoms with Gasteiger partial charge in [-0.3, -0.25) is 9.20 Å². The predicted molar refractivity (Wildman–Crippen MR) is 87.6 cm³/mol. The van der Waals surface area contributed by atoms with Crippen LogP contribution in [0.4, 0.5) is 11.5 Å². The minimum absolute atomic E-state index is 0.0388. The van der Waals surface area contributed by atoms with Crippen LogP contribution in [-0.2, 0) is 0 Å². The molecule has 23 heavy (non-hydrogen) atoms. The van der Waals surface area contributed by atoms with Crippen LogP contribution in [0.15, 0.2) is 47.4 Å². The zero-order chi connectivity index (χ0) is 16.6. The monoisotopic (exact) mass is 309 g/mol. The number of carbonyl (C=O) groups is 1. The molecular weight excluding hydrogens is 294 g/mol. The number of carboxylic acids is 1. The molecule has 0 aliphatic rings. The van der Waals surface area contributed by atoms with Gasteiger partial charge in [-0.2, -0.15) is 0 Å². The molecule has 0 atom stereocenters. The van der Waals surface area contributed by atoms with Crippen molar-refractivity contribution in [3.63, 3.8) is 0 Å². The van der Waals surface area contributed by atoms with Crippen LogP contribution in [0, 0.1) is 13.8 Å². The number of carboxylic acid groups (broad SMARTS) is 1. The second kappa shape index (κ2) is 5.57. The lowest BCUT2D eigenvalue weighted by Crippen LogP contribution is -2.25. The lowest BCUT2D eigenvalue weighted by molar-refractivity contribution is 0.0695. The fourth-order valence-corrected chi connectivity index (χ4v) is 2.39. The van der Waals surface area contributed by atoms with Gasteiger partial charge in [-0.15, -0.1) is 0 Å². The number of anilines is 2. The molecule has 6 nitrogen and oxygen atoms in total. The molecule has 0 unspecified atom stereocenters. The maximum Gasteiger partial charge on any atom is 0.345 e. The van der Waals surface area contributed by atoms with E-state index in [-0.39, 0.29) is 11.4 Å². The zero-order valence-corrected chi connectivity index (χ0v) is 12.7. The van der Waals surface area contributed by atoms with Crippen molar-refractivity contribution in [1.82, 2.24) is 9.38 Å². The molecule has 6 heteroatoms. The number of fused-ring (bicyclic) bond motifs is 1. The van der Waals surface area contributed by atoms with Crippen molar-refractivity contribution in [2.75, 3.05) is 5.32 Å². The Kier molecular flexibility index (Phi) is 3.57. The van der Waals surface area contributed by atoms with Crippen molar-refractivity contribution in [3.05, 3.63) is 69.6 Å². The summed E-state index contributed by atoms with van der Waals surface area (Å²) in [5.74, 6) is -1.27. The van der Waals surface area contributed by atoms with E-state index in [1.54, 1.807) is 18.3 Å². The van der Waals surface area contributed by atoms with Crippen LogP contribution in [0.2, 0.25) is 0 Å². The van der Waals surface area contributed by atoms with Gasteiger partial charge in [0.2, 0.25) is 0 Å². The molecule has 0 fully saturated rings. The van der Waals surface area contributed by atoms with Gasteiger partial charge in [0.25, 0.3) is 5.56 Å². The normalized spacial score (nSPS) is 10.7. The second-order valence-corrected chi connectivity index (χ2v) is 5.37. The molecule has 1 aromatic carbocycles. The van der Waals surface area contributed by atoms with Gasteiger partial charge >= 0.3 is 5.97 Å². The smallest absolute Gasteiger partial charge is 0.345 e. The van der Waals surface area contributed by atoms with Crippen LogP contribution in [0.1, 0.15) is 21.5 Å². The maximum atomic E-state index is 12.5. The van der Waals surface area contributed by atoms with Gasteiger partial charge in [0.15, 0.2) is 11.4 Å². The van der Waals surface area contributed by atoms with E-state index in [1.807, 2.05) is 38.1 Å². The number of benzene rings is 1. The topological polar surface area (TPSA) is 83.7 Å². The van der Waals surface area contributed by atoms with Gasteiger partial charge in [-0.05, 0) is 43.2 Å². The van der Waals surface area contributed by atoms with Gasteiger partial charge in [0.1, 0.15) is 5.65 Å². The summed E-state index contributed by atoms with van der Waals surface area (Å²) in [6.07, 6.45) is 1.58. The molecule has 0 aliphatic carbocycles. The summed E-state index contributed by atoms with van der Waals surface area (Å²) >= 11 is 0. The van der Waals surface area contributed by atoms with E-state index in [4.69, 9.17) is 0 Å². The number of aromatic carboxylic acids is 1. The Labute approximate surface area is 132 Å². The average molecular weight is 309 g/mol. The number of nitrogens with zero attached hydrogens (tertiary/aromatic N) is 2. The first kappa shape index (κ1) is 14.8. The SMILES string of the molecule is Cc1cccc(Nc2nc3ccc(C)cn3c(=O)c2C(=O)O)c1. The average Bonchev–Trinajstić information content (AvgIpc) is 2.48. The van der Waals surface area contributed by atoms with Gasteiger partial charge in [0, 0.05) is 11.9 Å². The third-order valence-electron chi connectivity index (χ3n) is 3.47. The largest absolute Gasteiger partial charge is 0.477 e. The minimum Gasteiger partial charge on any atom is -0.477 e. The van der Waals surface area contributed by atoms with E-state index >= 15 is 0 Å². The van der Waals surface area contributed by atoms with Crippen LogP contribution in [0.5, 0.6) is 0 Å². The molecule has 3 aromatic rings. The Morgan fingerprint density at radius 1 is 1.17 bits per heavy atom.